The van der Waals surface area contributed by atoms with Crippen molar-refractivity contribution in [2.24, 2.45) is 5.41 Å². The van der Waals surface area contributed by atoms with Crippen molar-refractivity contribution in [1.82, 2.24) is 10.6 Å². The summed E-state index contributed by atoms with van der Waals surface area (Å²) >= 11 is 0. The molecule has 1 atom stereocenters. The van der Waals surface area contributed by atoms with Crippen molar-refractivity contribution >= 4 is 11.8 Å². The number of carbonyl (C=O) groups excluding carboxylic acids is 2. The predicted octanol–water partition coefficient (Wildman–Crippen LogP) is 1.22. The molecule has 2 N–H and O–H groups in total. The summed E-state index contributed by atoms with van der Waals surface area (Å²) in [6.07, 6.45) is 3.58. The van der Waals surface area contributed by atoms with Crippen molar-refractivity contribution < 1.29 is 18.7 Å². The van der Waals surface area contributed by atoms with Gasteiger partial charge in [0.1, 0.15) is 11.2 Å². The zero-order chi connectivity index (χ0) is 15.3. The van der Waals surface area contributed by atoms with Crippen LogP contribution in [0.15, 0.2) is 22.8 Å². The van der Waals surface area contributed by atoms with Crippen molar-refractivity contribution in [3.05, 3.63) is 24.2 Å². The van der Waals surface area contributed by atoms with E-state index in [1.165, 1.54) is 0 Å². The first kappa shape index (κ1) is 15.6. The van der Waals surface area contributed by atoms with Gasteiger partial charge in [0.05, 0.1) is 18.9 Å². The molecule has 0 spiro atoms. The summed E-state index contributed by atoms with van der Waals surface area (Å²) in [5.41, 5.74) is -1.13. The van der Waals surface area contributed by atoms with Crippen molar-refractivity contribution in [3.8, 4) is 0 Å². The van der Waals surface area contributed by atoms with Crippen LogP contribution in [0.3, 0.4) is 0 Å². The van der Waals surface area contributed by atoms with Crippen LogP contribution in [-0.4, -0.2) is 31.1 Å². The molecule has 2 heterocycles. The van der Waals surface area contributed by atoms with Crippen LogP contribution < -0.4 is 10.6 Å². The van der Waals surface area contributed by atoms with Gasteiger partial charge in [0.15, 0.2) is 0 Å². The Hall–Kier alpha value is -1.82. The minimum Gasteiger partial charge on any atom is -0.467 e. The third-order valence-corrected chi connectivity index (χ3v) is 3.65. The summed E-state index contributed by atoms with van der Waals surface area (Å²) in [4.78, 5) is 24.3. The molecule has 0 saturated carbocycles. The van der Waals surface area contributed by atoms with Gasteiger partial charge < -0.3 is 19.8 Å². The fourth-order valence-corrected chi connectivity index (χ4v) is 2.14. The van der Waals surface area contributed by atoms with Crippen molar-refractivity contribution in [2.75, 3.05) is 13.2 Å². The van der Waals surface area contributed by atoms with E-state index >= 15 is 0 Å². The number of ether oxygens (including phenoxy) is 1. The Balaban J connectivity index is 1.80. The predicted molar refractivity (Wildman–Crippen MR) is 76.3 cm³/mol. The van der Waals surface area contributed by atoms with Gasteiger partial charge in [0, 0.05) is 13.2 Å². The van der Waals surface area contributed by atoms with E-state index in [4.69, 9.17) is 9.15 Å². The summed E-state index contributed by atoms with van der Waals surface area (Å²) in [5.74, 6) is 0.0256. The van der Waals surface area contributed by atoms with Gasteiger partial charge in [-0.3, -0.25) is 9.59 Å². The van der Waals surface area contributed by atoms with Crippen LogP contribution in [-0.2, 0) is 20.9 Å². The van der Waals surface area contributed by atoms with E-state index in [2.05, 4.69) is 10.6 Å². The maximum absolute atomic E-state index is 12.2. The Kier molecular flexibility index (Phi) is 5.01. The third-order valence-electron chi connectivity index (χ3n) is 3.65. The zero-order valence-electron chi connectivity index (χ0n) is 12.5. The second kappa shape index (κ2) is 6.76. The molecule has 6 nitrogen and oxygen atoms in total. The Bertz CT molecular complexity index is 476. The molecule has 0 aromatic carbocycles. The molecule has 1 aromatic rings. The minimum atomic E-state index is -1.13. The second-order valence-electron chi connectivity index (χ2n) is 5.73. The molecule has 1 fully saturated rings. The molecule has 0 radical (unpaired) electrons. The summed E-state index contributed by atoms with van der Waals surface area (Å²) in [5, 5.41) is 5.50. The maximum atomic E-state index is 12.2. The van der Waals surface area contributed by atoms with E-state index < -0.39 is 5.41 Å². The van der Waals surface area contributed by atoms with Gasteiger partial charge in [-0.05, 0) is 38.8 Å². The standard InChI is InChI=1S/C15H22N2O4/c1-15(2,13(18)16-9-11-5-3-7-20-11)14(19)17-10-12-6-4-8-21-12/h3,5,7,12H,4,6,8-10H2,1-2H3,(H,16,18)(H,17,19). The molecule has 0 bridgehead atoms. The zero-order valence-corrected chi connectivity index (χ0v) is 12.5. The minimum absolute atomic E-state index is 0.0657. The number of hydrogen-bond acceptors (Lipinski definition) is 4. The first-order valence-electron chi connectivity index (χ1n) is 7.20. The Labute approximate surface area is 124 Å². The van der Waals surface area contributed by atoms with E-state index in [1.54, 1.807) is 32.2 Å². The molecule has 116 valence electrons. The van der Waals surface area contributed by atoms with Gasteiger partial charge >= 0.3 is 0 Å². The van der Waals surface area contributed by atoms with Crippen LogP contribution in [0.25, 0.3) is 0 Å². The molecule has 0 aliphatic carbocycles. The number of nitrogens with one attached hydrogen (secondary N) is 2. The van der Waals surface area contributed by atoms with Crippen LogP contribution in [0.1, 0.15) is 32.4 Å². The molecule has 2 rings (SSSR count). The molecule has 1 unspecified atom stereocenters. The average molecular weight is 294 g/mol. The quantitative estimate of drug-likeness (QED) is 0.773. The highest BCUT2D eigenvalue weighted by atomic mass is 16.5. The Morgan fingerprint density at radius 1 is 1.33 bits per heavy atom. The monoisotopic (exact) mass is 294 g/mol. The van der Waals surface area contributed by atoms with Gasteiger partial charge in [-0.2, -0.15) is 0 Å². The van der Waals surface area contributed by atoms with Gasteiger partial charge in [-0.15, -0.1) is 0 Å². The van der Waals surface area contributed by atoms with E-state index in [9.17, 15) is 9.59 Å². The first-order valence-corrected chi connectivity index (χ1v) is 7.20. The molecule has 1 aliphatic rings. The van der Waals surface area contributed by atoms with Crippen LogP contribution in [0.4, 0.5) is 0 Å². The van der Waals surface area contributed by atoms with Gasteiger partial charge in [0.2, 0.25) is 11.8 Å². The molecular weight excluding hydrogens is 272 g/mol. The number of furan rings is 1. The molecule has 1 aromatic heterocycles. The molecule has 1 aliphatic heterocycles. The number of hydrogen-bond donors (Lipinski definition) is 2. The van der Waals surface area contributed by atoms with E-state index in [-0.39, 0.29) is 24.5 Å². The fourth-order valence-electron chi connectivity index (χ4n) is 2.14. The molecular formula is C15H22N2O4. The van der Waals surface area contributed by atoms with Crippen LogP contribution >= 0.6 is 0 Å². The van der Waals surface area contributed by atoms with Gasteiger partial charge in [0.25, 0.3) is 0 Å². The lowest BCUT2D eigenvalue weighted by Crippen LogP contribution is -2.49. The molecule has 1 saturated heterocycles. The highest BCUT2D eigenvalue weighted by Gasteiger charge is 2.36. The summed E-state index contributed by atoms with van der Waals surface area (Å²) in [6, 6.07) is 3.52. The van der Waals surface area contributed by atoms with E-state index in [0.29, 0.717) is 12.3 Å². The SMILES string of the molecule is CC(C)(C(=O)NCc1ccco1)C(=O)NCC1CCCO1. The lowest BCUT2D eigenvalue weighted by Gasteiger charge is -2.23. The van der Waals surface area contributed by atoms with Crippen molar-refractivity contribution in [1.29, 1.82) is 0 Å². The first-order chi connectivity index (χ1) is 10.00. The molecule has 6 heteroatoms. The van der Waals surface area contributed by atoms with Gasteiger partial charge in [-0.1, -0.05) is 0 Å². The Morgan fingerprint density at radius 3 is 2.71 bits per heavy atom. The average Bonchev–Trinajstić information content (AvgIpc) is 3.14. The largest absolute Gasteiger partial charge is 0.467 e. The second-order valence-corrected chi connectivity index (χ2v) is 5.73. The number of carbonyl (C=O) groups is 2. The highest BCUT2D eigenvalue weighted by molar-refractivity contribution is 6.04. The smallest absolute Gasteiger partial charge is 0.235 e. The number of amides is 2. The summed E-state index contributed by atoms with van der Waals surface area (Å²) in [7, 11) is 0. The summed E-state index contributed by atoms with van der Waals surface area (Å²) < 4.78 is 10.6. The van der Waals surface area contributed by atoms with Crippen molar-refractivity contribution in [2.45, 2.75) is 39.3 Å². The Morgan fingerprint density at radius 2 is 2.10 bits per heavy atom. The highest BCUT2D eigenvalue weighted by Crippen LogP contribution is 2.17. The lowest BCUT2D eigenvalue weighted by atomic mass is 9.91. The van der Waals surface area contributed by atoms with Crippen molar-refractivity contribution in [3.63, 3.8) is 0 Å². The van der Waals surface area contributed by atoms with Crippen LogP contribution in [0.5, 0.6) is 0 Å². The normalized spacial score (nSPS) is 18.5. The third kappa shape index (κ3) is 4.07. The number of rotatable bonds is 6. The van der Waals surface area contributed by atoms with E-state index in [0.717, 1.165) is 19.4 Å². The molecule has 2 amide bonds. The van der Waals surface area contributed by atoms with E-state index in [1.807, 2.05) is 0 Å². The maximum Gasteiger partial charge on any atom is 0.235 e. The van der Waals surface area contributed by atoms with Crippen LogP contribution in [0.2, 0.25) is 0 Å². The summed E-state index contributed by atoms with van der Waals surface area (Å²) in [6.45, 7) is 4.68. The topological polar surface area (TPSA) is 80.6 Å². The fraction of sp³-hybridized carbons (Fsp3) is 0.600. The van der Waals surface area contributed by atoms with Crippen LogP contribution in [0, 0.1) is 5.41 Å². The lowest BCUT2D eigenvalue weighted by molar-refractivity contribution is -0.141. The van der Waals surface area contributed by atoms with Gasteiger partial charge in [-0.25, -0.2) is 0 Å². The molecule has 21 heavy (non-hydrogen) atoms.